The van der Waals surface area contributed by atoms with E-state index in [0.29, 0.717) is 0 Å². The Morgan fingerprint density at radius 1 is 1.75 bits per heavy atom. The Morgan fingerprint density at radius 3 is 2.75 bits per heavy atom. The molecule has 0 N–H and O–H groups in total. The lowest BCUT2D eigenvalue weighted by molar-refractivity contribution is -0.00000146. The normalized spacial score (nSPS) is 12.8. The van der Waals surface area contributed by atoms with Gasteiger partial charge in [0, 0.05) is 0 Å². The van der Waals surface area contributed by atoms with Crippen molar-refractivity contribution >= 4 is 6.34 Å². The van der Waals surface area contributed by atoms with Crippen molar-refractivity contribution < 1.29 is 17.0 Å². The summed E-state index contributed by atoms with van der Waals surface area (Å²) in [6.07, 6.45) is 7.69. The molecule has 42 valence electrons. The second-order valence-corrected chi connectivity index (χ2v) is 1.12. The van der Waals surface area contributed by atoms with Crippen molar-refractivity contribution in [3.63, 3.8) is 0 Å². The predicted molar refractivity (Wildman–Crippen MR) is 28.6 cm³/mol. The number of hydrogen-bond donors (Lipinski definition) is 0. The first kappa shape index (κ1) is 7.34. The van der Waals surface area contributed by atoms with Gasteiger partial charge in [-0.05, 0) is 6.58 Å². The van der Waals surface area contributed by atoms with Crippen LogP contribution in [0.5, 0.6) is 0 Å². The van der Waals surface area contributed by atoms with E-state index >= 15 is 0 Å². The van der Waals surface area contributed by atoms with Gasteiger partial charge in [0.05, 0.1) is 6.20 Å². The van der Waals surface area contributed by atoms with Gasteiger partial charge < -0.3 is 17.0 Å². The van der Waals surface area contributed by atoms with Crippen molar-refractivity contribution in [2.45, 2.75) is 0 Å². The summed E-state index contributed by atoms with van der Waals surface area (Å²) in [5, 5.41) is 0. The standard InChI is InChI=1S/C5H5N2.BrH/c1-2-7-4-3-6-5-7;/h2-4H,1H2;1H/q+1;/p-1. The van der Waals surface area contributed by atoms with Crippen molar-refractivity contribution in [1.29, 1.82) is 0 Å². The second-order valence-electron chi connectivity index (χ2n) is 1.12. The van der Waals surface area contributed by atoms with Crippen LogP contribution < -0.4 is 17.0 Å². The van der Waals surface area contributed by atoms with E-state index in [9.17, 15) is 0 Å². The molecule has 0 aromatic carbocycles. The Labute approximate surface area is 59.0 Å². The minimum Gasteiger partial charge on any atom is -1.00 e. The monoisotopic (exact) mass is 172 g/mol. The van der Waals surface area contributed by atoms with Crippen molar-refractivity contribution in [1.82, 2.24) is 4.90 Å². The third-order valence-corrected chi connectivity index (χ3v) is 0.672. The van der Waals surface area contributed by atoms with Crippen molar-refractivity contribution in [2.24, 2.45) is 4.99 Å². The van der Waals surface area contributed by atoms with Crippen LogP contribution in [0.1, 0.15) is 0 Å². The highest BCUT2D eigenvalue weighted by molar-refractivity contribution is 5.61. The number of aliphatic imine (C=N–C) groups is 1. The molecule has 0 aromatic heterocycles. The van der Waals surface area contributed by atoms with E-state index in [1.807, 2.05) is 0 Å². The SMILES string of the molecule is C=CN1[C+]=NC=C1.[Br-]. The maximum atomic E-state index is 3.66. The molecule has 0 radical (unpaired) electrons. The summed E-state index contributed by atoms with van der Waals surface area (Å²) in [6, 6.07) is 0. The van der Waals surface area contributed by atoms with Crippen molar-refractivity contribution in [2.75, 3.05) is 0 Å². The molecule has 0 amide bonds. The molecule has 0 bridgehead atoms. The van der Waals surface area contributed by atoms with Crippen LogP contribution in [0.3, 0.4) is 0 Å². The van der Waals surface area contributed by atoms with E-state index in [1.54, 1.807) is 23.5 Å². The summed E-state index contributed by atoms with van der Waals surface area (Å²) in [4.78, 5) is 5.31. The molecule has 0 atom stereocenters. The van der Waals surface area contributed by atoms with Gasteiger partial charge in [-0.2, -0.15) is 0 Å². The van der Waals surface area contributed by atoms with Crippen LogP contribution in [0.4, 0.5) is 0 Å². The highest BCUT2D eigenvalue weighted by Crippen LogP contribution is 1.92. The third-order valence-electron chi connectivity index (χ3n) is 0.672. The van der Waals surface area contributed by atoms with Gasteiger partial charge in [-0.3, -0.25) is 0 Å². The Balaban J connectivity index is 0.000000490. The largest absolute Gasteiger partial charge is 1.00 e. The third kappa shape index (κ3) is 1.45. The fraction of sp³-hybridized carbons (Fsp3) is 0. The Bertz CT molecular complexity index is 116. The van der Waals surface area contributed by atoms with Gasteiger partial charge in [-0.15, -0.1) is 4.90 Å². The highest BCUT2D eigenvalue weighted by Gasteiger charge is 2.01. The van der Waals surface area contributed by atoms with Crippen LogP contribution in [-0.4, -0.2) is 11.2 Å². The number of nitrogens with zero attached hydrogens (tertiary/aromatic N) is 2. The topological polar surface area (TPSA) is 15.6 Å². The summed E-state index contributed by atoms with van der Waals surface area (Å²) in [7, 11) is 0. The molecule has 0 aromatic rings. The molecular weight excluding hydrogens is 168 g/mol. The highest BCUT2D eigenvalue weighted by atomic mass is 79.9. The average molecular weight is 173 g/mol. The number of rotatable bonds is 1. The first-order chi connectivity index (χ1) is 3.43. The molecule has 1 aliphatic rings. The Morgan fingerprint density at radius 2 is 2.50 bits per heavy atom. The molecule has 2 nitrogen and oxygen atoms in total. The van der Waals surface area contributed by atoms with Crippen LogP contribution in [0.15, 0.2) is 30.2 Å². The molecule has 0 unspecified atom stereocenters. The molecular formula is C5H5BrN2. The molecule has 1 rings (SSSR count). The van der Waals surface area contributed by atoms with Gasteiger partial charge in [0.25, 0.3) is 0 Å². The molecule has 8 heavy (non-hydrogen) atoms. The molecule has 0 saturated heterocycles. The maximum absolute atomic E-state index is 3.66. The zero-order valence-electron chi connectivity index (χ0n) is 4.21. The van der Waals surface area contributed by atoms with E-state index in [1.165, 1.54) is 0 Å². The van der Waals surface area contributed by atoms with Gasteiger partial charge in [-0.1, -0.05) is 4.99 Å². The van der Waals surface area contributed by atoms with E-state index in [-0.39, 0.29) is 17.0 Å². The van der Waals surface area contributed by atoms with Gasteiger partial charge >= 0.3 is 0 Å². The maximum Gasteiger partial charge on any atom is 0.223 e. The summed E-state index contributed by atoms with van der Waals surface area (Å²) in [5.74, 6) is 0. The quantitative estimate of drug-likeness (QED) is 0.412. The number of halogens is 1. The average Bonchev–Trinajstić information content (AvgIpc) is 2.14. The van der Waals surface area contributed by atoms with Crippen molar-refractivity contribution in [3.8, 4) is 0 Å². The van der Waals surface area contributed by atoms with Crippen LogP contribution >= 0.6 is 0 Å². The zero-order chi connectivity index (χ0) is 5.11. The summed E-state index contributed by atoms with van der Waals surface area (Å²) >= 11 is 0. The second kappa shape index (κ2) is 3.36. The van der Waals surface area contributed by atoms with E-state index in [2.05, 4.69) is 17.9 Å². The van der Waals surface area contributed by atoms with E-state index in [4.69, 9.17) is 0 Å². The van der Waals surface area contributed by atoms with Gasteiger partial charge in [0.15, 0.2) is 12.4 Å². The van der Waals surface area contributed by atoms with E-state index in [0.717, 1.165) is 0 Å². The number of hydrogen-bond acceptors (Lipinski definition) is 2. The summed E-state index contributed by atoms with van der Waals surface area (Å²) in [6.45, 7) is 3.49. The van der Waals surface area contributed by atoms with E-state index < -0.39 is 0 Å². The molecule has 0 aliphatic carbocycles. The van der Waals surface area contributed by atoms with Crippen LogP contribution in [0.25, 0.3) is 0 Å². The van der Waals surface area contributed by atoms with Gasteiger partial charge in [0.2, 0.25) is 6.34 Å². The predicted octanol–water partition coefficient (Wildman–Crippen LogP) is -2.17. The lowest BCUT2D eigenvalue weighted by atomic mass is 10.8. The van der Waals surface area contributed by atoms with Crippen LogP contribution in [0.2, 0.25) is 0 Å². The first-order valence-electron chi connectivity index (χ1n) is 1.96. The molecule has 3 heteroatoms. The summed E-state index contributed by atoms with van der Waals surface area (Å²) in [5.41, 5.74) is 0. The molecule has 0 fully saturated rings. The lowest BCUT2D eigenvalue weighted by Crippen LogP contribution is -3.00. The van der Waals surface area contributed by atoms with Crippen LogP contribution in [0, 0.1) is 0 Å². The molecule has 1 heterocycles. The fourth-order valence-electron chi connectivity index (χ4n) is 0.340. The van der Waals surface area contributed by atoms with Gasteiger partial charge in [0.1, 0.15) is 0 Å². The molecule has 0 spiro atoms. The zero-order valence-corrected chi connectivity index (χ0v) is 5.80. The van der Waals surface area contributed by atoms with Crippen LogP contribution in [-0.2, 0) is 0 Å². The van der Waals surface area contributed by atoms with Crippen molar-refractivity contribution in [3.05, 3.63) is 25.2 Å². The lowest BCUT2D eigenvalue weighted by Gasteiger charge is -1.83. The minimum absolute atomic E-state index is 0. The molecule has 1 aliphatic heterocycles. The fourth-order valence-corrected chi connectivity index (χ4v) is 0.340. The molecule has 0 saturated carbocycles. The van der Waals surface area contributed by atoms with Gasteiger partial charge in [-0.25, -0.2) is 0 Å². The summed E-state index contributed by atoms with van der Waals surface area (Å²) < 4.78 is 0. The smallest absolute Gasteiger partial charge is 0.223 e. The Kier molecular flexibility index (Phi) is 3.08. The minimum atomic E-state index is 0. The first-order valence-corrected chi connectivity index (χ1v) is 1.96. The Hall–Kier alpha value is -0.660.